The van der Waals surface area contributed by atoms with Gasteiger partial charge in [0, 0.05) is 5.92 Å². The van der Waals surface area contributed by atoms with Gasteiger partial charge in [-0.2, -0.15) is 0 Å². The largest absolute Gasteiger partial charge is 0.498 e. The van der Waals surface area contributed by atoms with Crippen LogP contribution in [-0.4, -0.2) is 18.8 Å². The molecule has 1 aliphatic heterocycles. The smallest absolute Gasteiger partial charge is 0.0921 e. The molecule has 112 valence electrons. The molecule has 0 aromatic heterocycles. The molecule has 20 heavy (non-hydrogen) atoms. The van der Waals surface area contributed by atoms with Crippen molar-refractivity contribution in [2.75, 3.05) is 6.61 Å². The van der Waals surface area contributed by atoms with E-state index in [0.717, 1.165) is 36.0 Å². The zero-order valence-corrected chi connectivity index (χ0v) is 12.9. The van der Waals surface area contributed by atoms with Crippen molar-refractivity contribution < 1.29 is 9.47 Å². The van der Waals surface area contributed by atoms with Crippen LogP contribution >= 0.6 is 0 Å². The Kier molecular flexibility index (Phi) is 3.14. The summed E-state index contributed by atoms with van der Waals surface area (Å²) in [4.78, 5) is 0. The third-order valence-electron chi connectivity index (χ3n) is 6.52. The Morgan fingerprint density at radius 1 is 1.00 bits per heavy atom. The minimum atomic E-state index is 0.550. The van der Waals surface area contributed by atoms with Crippen LogP contribution in [0, 0.1) is 35.5 Å². The van der Waals surface area contributed by atoms with E-state index in [4.69, 9.17) is 9.47 Å². The van der Waals surface area contributed by atoms with E-state index in [1.54, 1.807) is 0 Å². The molecule has 8 unspecified atom stereocenters. The van der Waals surface area contributed by atoms with E-state index in [1.807, 2.05) is 0 Å². The molecule has 1 heterocycles. The molecule has 2 heteroatoms. The topological polar surface area (TPSA) is 21.8 Å². The van der Waals surface area contributed by atoms with E-state index in [0.29, 0.717) is 24.0 Å². The van der Waals surface area contributed by atoms with Gasteiger partial charge in [-0.3, -0.25) is 0 Å². The minimum Gasteiger partial charge on any atom is -0.498 e. The Morgan fingerprint density at radius 2 is 1.75 bits per heavy atom. The molecule has 0 spiro atoms. The zero-order chi connectivity index (χ0) is 13.9. The van der Waals surface area contributed by atoms with E-state index >= 15 is 0 Å². The summed E-state index contributed by atoms with van der Waals surface area (Å²) in [7, 11) is 0. The lowest BCUT2D eigenvalue weighted by atomic mass is 9.79. The van der Waals surface area contributed by atoms with E-state index in [2.05, 4.69) is 20.4 Å². The summed E-state index contributed by atoms with van der Waals surface area (Å²) < 4.78 is 11.8. The highest BCUT2D eigenvalue weighted by Gasteiger charge is 2.48. The van der Waals surface area contributed by atoms with Crippen LogP contribution in [0.1, 0.15) is 46.0 Å². The van der Waals surface area contributed by atoms with E-state index in [9.17, 15) is 0 Å². The Labute approximate surface area is 122 Å². The molecule has 4 rings (SSSR count). The summed E-state index contributed by atoms with van der Waals surface area (Å²) in [5, 5.41) is 0. The van der Waals surface area contributed by atoms with Crippen molar-refractivity contribution in [3.05, 3.63) is 12.3 Å². The maximum Gasteiger partial charge on any atom is 0.0921 e. The van der Waals surface area contributed by atoms with Gasteiger partial charge in [0.05, 0.1) is 24.6 Å². The van der Waals surface area contributed by atoms with Crippen LogP contribution < -0.4 is 0 Å². The van der Waals surface area contributed by atoms with Crippen LogP contribution in [0.4, 0.5) is 0 Å². The first-order chi connectivity index (χ1) is 9.61. The Bertz CT molecular complexity index is 404. The van der Waals surface area contributed by atoms with Crippen molar-refractivity contribution in [3.63, 3.8) is 0 Å². The highest BCUT2D eigenvalue weighted by molar-refractivity contribution is 5.04. The van der Waals surface area contributed by atoms with Crippen LogP contribution in [0.3, 0.4) is 0 Å². The molecule has 0 aromatic rings. The highest BCUT2D eigenvalue weighted by atomic mass is 16.6. The van der Waals surface area contributed by atoms with Crippen molar-refractivity contribution in [2.24, 2.45) is 35.5 Å². The van der Waals surface area contributed by atoms with E-state index in [-0.39, 0.29) is 0 Å². The second-order valence-electron chi connectivity index (χ2n) is 8.01. The fourth-order valence-corrected chi connectivity index (χ4v) is 4.77. The van der Waals surface area contributed by atoms with Gasteiger partial charge in [-0.25, -0.2) is 0 Å². The number of ether oxygens (including phenoxy) is 2. The predicted molar refractivity (Wildman–Crippen MR) is 79.1 cm³/mol. The lowest BCUT2D eigenvalue weighted by Crippen LogP contribution is -2.28. The lowest BCUT2D eigenvalue weighted by molar-refractivity contribution is 0.0811. The van der Waals surface area contributed by atoms with Crippen molar-refractivity contribution in [1.82, 2.24) is 0 Å². The summed E-state index contributed by atoms with van der Waals surface area (Å²) in [6, 6.07) is 0. The Morgan fingerprint density at radius 3 is 2.60 bits per heavy atom. The Hall–Kier alpha value is -0.500. The van der Waals surface area contributed by atoms with Gasteiger partial charge in [-0.15, -0.1) is 0 Å². The van der Waals surface area contributed by atoms with Gasteiger partial charge < -0.3 is 9.47 Å². The third kappa shape index (κ3) is 2.41. The Balaban J connectivity index is 1.29. The average Bonchev–Trinajstić information content (AvgIpc) is 3.29. The van der Waals surface area contributed by atoms with Crippen molar-refractivity contribution in [2.45, 2.75) is 58.2 Å². The first-order valence-electron chi connectivity index (χ1n) is 8.59. The molecular formula is C18H28O2. The van der Waals surface area contributed by atoms with Gasteiger partial charge >= 0.3 is 0 Å². The van der Waals surface area contributed by atoms with Crippen molar-refractivity contribution >= 4 is 0 Å². The van der Waals surface area contributed by atoms with Crippen molar-refractivity contribution in [1.29, 1.82) is 0 Å². The maximum absolute atomic E-state index is 6.15. The fraction of sp³-hybridized carbons (Fsp3) is 0.889. The summed E-state index contributed by atoms with van der Waals surface area (Å²) in [5.74, 6) is 5.90. The lowest BCUT2D eigenvalue weighted by Gasteiger charge is -2.32. The maximum atomic E-state index is 6.15. The van der Waals surface area contributed by atoms with Crippen LogP contribution in [0.15, 0.2) is 12.3 Å². The number of hydrogen-bond donors (Lipinski definition) is 0. The van der Waals surface area contributed by atoms with Gasteiger partial charge in [0.25, 0.3) is 0 Å². The molecule has 0 amide bonds. The number of hydrogen-bond acceptors (Lipinski definition) is 2. The molecule has 8 atom stereocenters. The number of fused-ring (bicyclic) bond motifs is 2. The zero-order valence-electron chi connectivity index (χ0n) is 12.9. The van der Waals surface area contributed by atoms with E-state index < -0.39 is 0 Å². The van der Waals surface area contributed by atoms with Crippen LogP contribution in [-0.2, 0) is 9.47 Å². The van der Waals surface area contributed by atoms with Gasteiger partial charge in [0.2, 0.25) is 0 Å². The summed E-state index contributed by atoms with van der Waals surface area (Å²) >= 11 is 0. The predicted octanol–water partition coefficient (Wildman–Crippen LogP) is 4.01. The molecular weight excluding hydrogens is 248 g/mol. The number of allylic oxidation sites excluding steroid dienone is 1. The molecule has 0 N–H and O–H groups in total. The molecule has 4 fully saturated rings. The first-order valence-corrected chi connectivity index (χ1v) is 8.59. The molecule has 0 bridgehead atoms. The molecule has 3 aliphatic carbocycles. The minimum absolute atomic E-state index is 0.550. The quantitative estimate of drug-likeness (QED) is 0.571. The molecule has 0 aromatic carbocycles. The van der Waals surface area contributed by atoms with Crippen molar-refractivity contribution in [3.8, 4) is 0 Å². The van der Waals surface area contributed by atoms with Crippen LogP contribution in [0.25, 0.3) is 0 Å². The highest BCUT2D eigenvalue weighted by Crippen LogP contribution is 2.55. The van der Waals surface area contributed by atoms with Gasteiger partial charge in [-0.1, -0.05) is 20.4 Å². The number of rotatable bonds is 4. The SMILES string of the molecule is C=C(OCC1CC2OC2CC1C)C1CC2CC2CC1C. The second-order valence-corrected chi connectivity index (χ2v) is 8.01. The van der Waals surface area contributed by atoms with Gasteiger partial charge in [0.1, 0.15) is 0 Å². The van der Waals surface area contributed by atoms with Crippen LogP contribution in [0.5, 0.6) is 0 Å². The average molecular weight is 276 g/mol. The molecule has 2 nitrogen and oxygen atoms in total. The standard InChI is InChI=1S/C18H28O2/c1-10-5-17-18(20-17)8-15(10)9-19-12(3)16-7-14-6-13(14)4-11(16)2/h10-11,13-18H,3-9H2,1-2H3. The fourth-order valence-electron chi connectivity index (χ4n) is 4.77. The normalized spacial score (nSPS) is 52.7. The summed E-state index contributed by atoms with van der Waals surface area (Å²) in [5.41, 5.74) is 0. The summed E-state index contributed by atoms with van der Waals surface area (Å²) in [6.07, 6.45) is 7.75. The summed E-state index contributed by atoms with van der Waals surface area (Å²) in [6.45, 7) is 9.87. The second kappa shape index (κ2) is 4.76. The molecule has 3 saturated carbocycles. The van der Waals surface area contributed by atoms with Gasteiger partial charge in [-0.05, 0) is 61.7 Å². The molecule has 1 saturated heterocycles. The van der Waals surface area contributed by atoms with Gasteiger partial charge in [0.15, 0.2) is 0 Å². The number of epoxide rings is 1. The monoisotopic (exact) mass is 276 g/mol. The molecule has 4 aliphatic rings. The molecule has 0 radical (unpaired) electrons. The third-order valence-corrected chi connectivity index (χ3v) is 6.52. The van der Waals surface area contributed by atoms with E-state index in [1.165, 1.54) is 32.1 Å². The van der Waals surface area contributed by atoms with Crippen LogP contribution in [0.2, 0.25) is 0 Å². The first kappa shape index (κ1) is 13.2.